The van der Waals surface area contributed by atoms with Gasteiger partial charge in [-0.15, -0.1) is 0 Å². The molecule has 1 rings (SSSR count). The van der Waals surface area contributed by atoms with E-state index in [9.17, 15) is 8.42 Å². The van der Waals surface area contributed by atoms with Gasteiger partial charge in [0.2, 0.25) is 0 Å². The van der Waals surface area contributed by atoms with Crippen molar-refractivity contribution in [3.63, 3.8) is 0 Å². The highest BCUT2D eigenvalue weighted by Gasteiger charge is 2.00. The van der Waals surface area contributed by atoms with Crippen molar-refractivity contribution in [2.24, 2.45) is 0 Å². The van der Waals surface area contributed by atoms with Crippen LogP contribution in [0.25, 0.3) is 0 Å². The average molecular weight is 309 g/mol. The van der Waals surface area contributed by atoms with Crippen LogP contribution in [0, 0.1) is 0 Å². The summed E-state index contributed by atoms with van der Waals surface area (Å²) in [4.78, 5) is 0. The average Bonchev–Trinajstić information content (AvgIpc) is 2.19. The van der Waals surface area contributed by atoms with Crippen LogP contribution in [0.5, 0.6) is 5.75 Å². The minimum absolute atomic E-state index is 0.148. The first kappa shape index (κ1) is 13.5. The summed E-state index contributed by atoms with van der Waals surface area (Å²) in [7, 11) is -3.34. The van der Waals surface area contributed by atoms with Gasteiger partial charge in [0.05, 0.1) is 19.5 Å². The van der Waals surface area contributed by atoms with Crippen LogP contribution in [0.15, 0.2) is 28.7 Å². The lowest BCUT2D eigenvalue weighted by atomic mass is 10.3. The molecule has 0 amide bonds. The smallest absolute Gasteiger partial charge is 0.264 e. The van der Waals surface area contributed by atoms with E-state index in [4.69, 9.17) is 4.74 Å². The lowest BCUT2D eigenvalue weighted by Crippen LogP contribution is -2.07. The third-order valence-corrected chi connectivity index (χ3v) is 2.79. The number of rotatable bonds is 6. The first-order valence-electron chi connectivity index (χ1n) is 4.70. The van der Waals surface area contributed by atoms with Crippen molar-refractivity contribution in [3.8, 4) is 5.75 Å². The maximum absolute atomic E-state index is 10.6. The monoisotopic (exact) mass is 308 g/mol. The molecule has 0 radical (unpaired) electrons. The molecule has 1 aromatic rings. The van der Waals surface area contributed by atoms with E-state index in [-0.39, 0.29) is 6.61 Å². The highest BCUT2D eigenvalue weighted by Crippen LogP contribution is 2.16. The van der Waals surface area contributed by atoms with Gasteiger partial charge in [-0.1, -0.05) is 15.9 Å². The molecule has 0 spiro atoms. The molecule has 4 nitrogen and oxygen atoms in total. The molecule has 0 bridgehead atoms. The highest BCUT2D eigenvalue weighted by molar-refractivity contribution is 9.10. The van der Waals surface area contributed by atoms with Gasteiger partial charge in [-0.3, -0.25) is 4.18 Å². The second-order valence-electron chi connectivity index (χ2n) is 3.18. The molecule has 90 valence electrons. The third kappa shape index (κ3) is 6.09. The first-order chi connectivity index (χ1) is 7.47. The van der Waals surface area contributed by atoms with Crippen LogP contribution in [-0.4, -0.2) is 27.9 Å². The molecule has 0 heterocycles. The van der Waals surface area contributed by atoms with Gasteiger partial charge in [-0.2, -0.15) is 8.42 Å². The Kier molecular flexibility index (Phi) is 5.24. The Bertz CT molecular complexity index is 413. The largest absolute Gasteiger partial charge is 0.494 e. The van der Waals surface area contributed by atoms with Crippen LogP contribution in [-0.2, 0) is 14.3 Å². The van der Waals surface area contributed by atoms with Gasteiger partial charge in [-0.05, 0) is 24.3 Å². The summed E-state index contributed by atoms with van der Waals surface area (Å²) >= 11 is 3.32. The maximum Gasteiger partial charge on any atom is 0.264 e. The zero-order chi connectivity index (χ0) is 12.0. The molecule has 0 atom stereocenters. The van der Waals surface area contributed by atoms with Crippen molar-refractivity contribution in [3.05, 3.63) is 28.7 Å². The number of benzene rings is 1. The van der Waals surface area contributed by atoms with Crippen LogP contribution in [0.2, 0.25) is 0 Å². The second kappa shape index (κ2) is 6.22. The Labute approximate surface area is 104 Å². The Hall–Kier alpha value is -0.590. The number of hydrogen-bond donors (Lipinski definition) is 0. The van der Waals surface area contributed by atoms with Gasteiger partial charge in [-0.25, -0.2) is 0 Å². The maximum atomic E-state index is 10.6. The normalized spacial score (nSPS) is 11.4. The van der Waals surface area contributed by atoms with E-state index in [1.165, 1.54) is 0 Å². The molecule has 0 fully saturated rings. The van der Waals surface area contributed by atoms with Crippen molar-refractivity contribution in [1.29, 1.82) is 0 Å². The standard InChI is InChI=1S/C10H13BrO4S/c1-16(12,13)15-8-2-7-14-10-5-3-9(11)4-6-10/h3-6H,2,7-8H2,1H3. The molecular formula is C10H13BrO4S. The molecule has 0 saturated carbocycles. The lowest BCUT2D eigenvalue weighted by molar-refractivity contribution is 0.252. The topological polar surface area (TPSA) is 52.6 Å². The molecule has 6 heteroatoms. The van der Waals surface area contributed by atoms with Gasteiger partial charge in [0.25, 0.3) is 10.1 Å². The summed E-state index contributed by atoms with van der Waals surface area (Å²) in [6.45, 7) is 0.576. The molecule has 16 heavy (non-hydrogen) atoms. The van der Waals surface area contributed by atoms with E-state index in [0.29, 0.717) is 13.0 Å². The SMILES string of the molecule is CS(=O)(=O)OCCCOc1ccc(Br)cc1. The molecular weight excluding hydrogens is 296 g/mol. The summed E-state index contributed by atoms with van der Waals surface area (Å²) in [6, 6.07) is 7.42. The molecule has 1 aromatic carbocycles. The summed E-state index contributed by atoms with van der Waals surface area (Å²) in [6.07, 6.45) is 1.56. The fourth-order valence-electron chi connectivity index (χ4n) is 0.990. The second-order valence-corrected chi connectivity index (χ2v) is 5.74. The van der Waals surface area contributed by atoms with Crippen molar-refractivity contribution in [2.75, 3.05) is 19.5 Å². The van der Waals surface area contributed by atoms with Crippen LogP contribution in [0.4, 0.5) is 0 Å². The minimum Gasteiger partial charge on any atom is -0.494 e. The van der Waals surface area contributed by atoms with E-state index in [1.54, 1.807) is 0 Å². The Balaban J connectivity index is 2.19. The Morgan fingerprint density at radius 1 is 1.19 bits per heavy atom. The minimum atomic E-state index is -3.34. The van der Waals surface area contributed by atoms with E-state index in [2.05, 4.69) is 20.1 Å². The van der Waals surface area contributed by atoms with E-state index < -0.39 is 10.1 Å². The zero-order valence-electron chi connectivity index (χ0n) is 8.85. The first-order valence-corrected chi connectivity index (χ1v) is 7.31. The van der Waals surface area contributed by atoms with Crippen molar-refractivity contribution < 1.29 is 17.3 Å². The van der Waals surface area contributed by atoms with Gasteiger partial charge < -0.3 is 4.74 Å². The predicted molar refractivity (Wildman–Crippen MR) is 65.0 cm³/mol. The van der Waals surface area contributed by atoms with E-state index >= 15 is 0 Å². The number of hydrogen-bond acceptors (Lipinski definition) is 4. The fraction of sp³-hybridized carbons (Fsp3) is 0.400. The molecule has 0 aliphatic carbocycles. The van der Waals surface area contributed by atoms with Crippen molar-refractivity contribution >= 4 is 26.0 Å². The molecule has 0 aliphatic heterocycles. The molecule has 0 unspecified atom stereocenters. The van der Waals surface area contributed by atoms with Gasteiger partial charge >= 0.3 is 0 Å². The fourth-order valence-corrected chi connectivity index (χ4v) is 1.68. The molecule has 0 aliphatic rings. The van der Waals surface area contributed by atoms with Crippen LogP contribution >= 0.6 is 15.9 Å². The van der Waals surface area contributed by atoms with Gasteiger partial charge in [0.1, 0.15) is 5.75 Å². The molecule has 0 N–H and O–H groups in total. The Morgan fingerprint density at radius 3 is 2.38 bits per heavy atom. The quantitative estimate of drug-likeness (QED) is 0.597. The third-order valence-electron chi connectivity index (χ3n) is 1.67. The van der Waals surface area contributed by atoms with Gasteiger partial charge in [0, 0.05) is 10.9 Å². The number of ether oxygens (including phenoxy) is 1. The molecule has 0 saturated heterocycles. The highest BCUT2D eigenvalue weighted by atomic mass is 79.9. The summed E-state index contributed by atoms with van der Waals surface area (Å²) in [5.74, 6) is 0.752. The molecule has 0 aromatic heterocycles. The van der Waals surface area contributed by atoms with E-state index in [0.717, 1.165) is 16.5 Å². The summed E-state index contributed by atoms with van der Waals surface area (Å²) < 4.78 is 32.2. The lowest BCUT2D eigenvalue weighted by Gasteiger charge is -2.05. The van der Waals surface area contributed by atoms with Crippen molar-refractivity contribution in [1.82, 2.24) is 0 Å². The predicted octanol–water partition coefficient (Wildman–Crippen LogP) is 2.19. The number of halogens is 1. The van der Waals surface area contributed by atoms with E-state index in [1.807, 2.05) is 24.3 Å². The summed E-state index contributed by atoms with van der Waals surface area (Å²) in [5, 5.41) is 0. The van der Waals surface area contributed by atoms with Crippen LogP contribution in [0.1, 0.15) is 6.42 Å². The Morgan fingerprint density at radius 2 is 1.81 bits per heavy atom. The zero-order valence-corrected chi connectivity index (χ0v) is 11.3. The van der Waals surface area contributed by atoms with Crippen LogP contribution < -0.4 is 4.74 Å². The van der Waals surface area contributed by atoms with Crippen molar-refractivity contribution in [2.45, 2.75) is 6.42 Å². The summed E-state index contributed by atoms with van der Waals surface area (Å²) in [5.41, 5.74) is 0. The van der Waals surface area contributed by atoms with Crippen LogP contribution in [0.3, 0.4) is 0 Å². The van der Waals surface area contributed by atoms with Gasteiger partial charge in [0.15, 0.2) is 0 Å².